The first-order valence-corrected chi connectivity index (χ1v) is 12.0. The van der Waals surface area contributed by atoms with Gasteiger partial charge in [-0.1, -0.05) is 46.3 Å². The van der Waals surface area contributed by atoms with Gasteiger partial charge in [0.25, 0.3) is 11.7 Å². The van der Waals surface area contributed by atoms with Gasteiger partial charge >= 0.3 is 0 Å². The van der Waals surface area contributed by atoms with Gasteiger partial charge in [0.1, 0.15) is 11.5 Å². The van der Waals surface area contributed by atoms with Crippen molar-refractivity contribution in [2.75, 3.05) is 13.7 Å². The Morgan fingerprint density at radius 1 is 1.03 bits per heavy atom. The van der Waals surface area contributed by atoms with Crippen molar-refractivity contribution in [2.24, 2.45) is 0 Å². The number of benzene rings is 3. The lowest BCUT2D eigenvalue weighted by molar-refractivity contribution is -0.139. The SMILES string of the molecule is COc1ccc(/C(O)=C2\C(=O)C(=O)N(CCc3c[nH]c4ccccc34)C2c2ccc(Br)cc2)cc1. The second-order valence-electron chi connectivity index (χ2n) is 8.38. The number of carbonyl (C=O) groups is 2. The number of Topliss-reactive ketones (excluding diaryl/α,β-unsaturated/α-hetero) is 1. The second kappa shape index (κ2) is 9.43. The Bertz CT molecular complexity index is 1440. The Balaban J connectivity index is 1.55. The van der Waals surface area contributed by atoms with E-state index in [9.17, 15) is 14.7 Å². The number of nitrogens with one attached hydrogen (secondary N) is 1. The number of amides is 1. The third-order valence-electron chi connectivity index (χ3n) is 6.39. The number of methoxy groups -OCH3 is 1. The fraction of sp³-hybridized carbons (Fsp3) is 0.143. The molecule has 176 valence electrons. The van der Waals surface area contributed by atoms with Gasteiger partial charge < -0.3 is 19.7 Å². The smallest absolute Gasteiger partial charge is 0.295 e. The average Bonchev–Trinajstić information content (AvgIpc) is 3.41. The number of aliphatic hydroxyl groups is 1. The number of halogens is 1. The summed E-state index contributed by atoms with van der Waals surface area (Å²) in [7, 11) is 1.56. The molecule has 0 aliphatic carbocycles. The van der Waals surface area contributed by atoms with Gasteiger partial charge in [-0.3, -0.25) is 9.59 Å². The summed E-state index contributed by atoms with van der Waals surface area (Å²) in [6.07, 6.45) is 2.50. The summed E-state index contributed by atoms with van der Waals surface area (Å²) >= 11 is 3.44. The lowest BCUT2D eigenvalue weighted by atomic mass is 9.95. The minimum absolute atomic E-state index is 0.0846. The third kappa shape index (κ3) is 4.23. The van der Waals surface area contributed by atoms with Gasteiger partial charge in [-0.25, -0.2) is 0 Å². The van der Waals surface area contributed by atoms with Crippen LogP contribution in [0.2, 0.25) is 0 Å². The predicted molar refractivity (Wildman–Crippen MR) is 138 cm³/mol. The zero-order valence-corrected chi connectivity index (χ0v) is 20.6. The van der Waals surface area contributed by atoms with Gasteiger partial charge in [-0.15, -0.1) is 0 Å². The van der Waals surface area contributed by atoms with Crippen molar-refractivity contribution in [3.8, 4) is 5.75 Å². The standard InChI is InChI=1S/C28H23BrN2O4/c1-35-21-12-8-18(9-13-21)26(32)24-25(17-6-10-20(29)11-7-17)31(28(34)27(24)33)15-14-19-16-30-23-5-3-2-4-22(19)23/h2-13,16,25,30,32H,14-15H2,1H3/b26-24+. The van der Waals surface area contributed by atoms with E-state index in [1.54, 1.807) is 36.3 Å². The zero-order valence-electron chi connectivity index (χ0n) is 19.0. The molecule has 6 nitrogen and oxygen atoms in total. The molecule has 4 aromatic rings. The molecule has 1 amide bonds. The van der Waals surface area contributed by atoms with Crippen LogP contribution >= 0.6 is 15.9 Å². The fourth-order valence-electron chi connectivity index (χ4n) is 4.59. The van der Waals surface area contributed by atoms with Crippen molar-refractivity contribution in [3.05, 3.63) is 106 Å². The number of H-pyrrole nitrogens is 1. The molecule has 1 atom stereocenters. The number of aliphatic hydroxyl groups excluding tert-OH is 1. The maximum Gasteiger partial charge on any atom is 0.295 e. The number of rotatable bonds is 6. The highest BCUT2D eigenvalue weighted by Crippen LogP contribution is 2.40. The summed E-state index contributed by atoms with van der Waals surface area (Å²) in [6.45, 7) is 0.326. The molecule has 0 radical (unpaired) electrons. The van der Waals surface area contributed by atoms with Crippen LogP contribution in [0.1, 0.15) is 22.7 Å². The highest BCUT2D eigenvalue weighted by atomic mass is 79.9. The summed E-state index contributed by atoms with van der Waals surface area (Å²) in [4.78, 5) is 31.3. The first-order chi connectivity index (χ1) is 17.0. The van der Waals surface area contributed by atoms with Crippen molar-refractivity contribution in [1.29, 1.82) is 0 Å². The van der Waals surface area contributed by atoms with Crippen LogP contribution in [0.4, 0.5) is 0 Å². The summed E-state index contributed by atoms with van der Waals surface area (Å²) in [5.74, 6) is -0.878. The first kappa shape index (κ1) is 22.9. The van der Waals surface area contributed by atoms with Crippen molar-refractivity contribution >= 4 is 44.3 Å². The van der Waals surface area contributed by atoms with E-state index >= 15 is 0 Å². The number of ketones is 1. The predicted octanol–water partition coefficient (Wildman–Crippen LogP) is 5.60. The molecule has 3 aromatic carbocycles. The highest BCUT2D eigenvalue weighted by molar-refractivity contribution is 9.10. The Hall–Kier alpha value is -3.84. The number of para-hydroxylation sites is 1. The molecule has 7 heteroatoms. The second-order valence-corrected chi connectivity index (χ2v) is 9.30. The van der Waals surface area contributed by atoms with Crippen molar-refractivity contribution in [2.45, 2.75) is 12.5 Å². The summed E-state index contributed by atoms with van der Waals surface area (Å²) in [6, 6.07) is 21.5. The van der Waals surface area contributed by atoms with Crippen LogP contribution in [0.5, 0.6) is 5.75 Å². The van der Waals surface area contributed by atoms with E-state index in [0.29, 0.717) is 24.3 Å². The van der Waals surface area contributed by atoms with E-state index in [2.05, 4.69) is 20.9 Å². The van der Waals surface area contributed by atoms with Crippen molar-refractivity contribution < 1.29 is 19.4 Å². The average molecular weight is 531 g/mol. The molecule has 1 aromatic heterocycles. The Morgan fingerprint density at radius 2 is 1.74 bits per heavy atom. The Kier molecular flexibility index (Phi) is 6.17. The van der Waals surface area contributed by atoms with E-state index in [-0.39, 0.29) is 11.3 Å². The fourth-order valence-corrected chi connectivity index (χ4v) is 4.85. The molecule has 0 spiro atoms. The molecule has 2 heterocycles. The molecular weight excluding hydrogens is 508 g/mol. The van der Waals surface area contributed by atoms with Crippen LogP contribution in [0.25, 0.3) is 16.7 Å². The maximum atomic E-state index is 13.2. The van der Waals surface area contributed by atoms with E-state index < -0.39 is 17.7 Å². The summed E-state index contributed by atoms with van der Waals surface area (Å²) < 4.78 is 6.08. The number of nitrogens with zero attached hydrogens (tertiary/aromatic N) is 1. The Morgan fingerprint density at radius 3 is 2.46 bits per heavy atom. The lowest BCUT2D eigenvalue weighted by Gasteiger charge is -2.25. The minimum Gasteiger partial charge on any atom is -0.507 e. The van der Waals surface area contributed by atoms with Crippen molar-refractivity contribution in [3.63, 3.8) is 0 Å². The van der Waals surface area contributed by atoms with Crippen LogP contribution in [0.15, 0.2) is 89.0 Å². The van der Waals surface area contributed by atoms with E-state index in [1.165, 1.54) is 0 Å². The van der Waals surface area contributed by atoms with Gasteiger partial charge in [-0.2, -0.15) is 0 Å². The molecule has 1 fully saturated rings. The van der Waals surface area contributed by atoms with Crippen LogP contribution in [0.3, 0.4) is 0 Å². The molecule has 35 heavy (non-hydrogen) atoms. The van der Waals surface area contributed by atoms with Crippen LogP contribution in [-0.4, -0.2) is 40.3 Å². The number of aromatic amines is 1. The van der Waals surface area contributed by atoms with Gasteiger partial charge in [-0.05, 0) is 60.0 Å². The minimum atomic E-state index is -0.699. The zero-order chi connectivity index (χ0) is 24.5. The van der Waals surface area contributed by atoms with Crippen LogP contribution in [-0.2, 0) is 16.0 Å². The van der Waals surface area contributed by atoms with E-state index in [4.69, 9.17) is 4.74 Å². The molecule has 1 saturated heterocycles. The molecule has 5 rings (SSSR count). The maximum absolute atomic E-state index is 13.2. The molecule has 0 bridgehead atoms. The topological polar surface area (TPSA) is 82.6 Å². The van der Waals surface area contributed by atoms with Crippen molar-refractivity contribution in [1.82, 2.24) is 9.88 Å². The monoisotopic (exact) mass is 530 g/mol. The lowest BCUT2D eigenvalue weighted by Crippen LogP contribution is -2.31. The normalized spacial score (nSPS) is 17.3. The molecule has 1 aliphatic rings. The molecule has 1 aliphatic heterocycles. The largest absolute Gasteiger partial charge is 0.507 e. The highest BCUT2D eigenvalue weighted by Gasteiger charge is 2.45. The number of hydrogen-bond donors (Lipinski definition) is 2. The molecule has 1 unspecified atom stereocenters. The molecular formula is C28H23BrN2O4. The molecule has 2 N–H and O–H groups in total. The number of carbonyl (C=O) groups excluding carboxylic acids is 2. The van der Waals surface area contributed by atoms with Gasteiger partial charge in [0.2, 0.25) is 0 Å². The quantitative estimate of drug-likeness (QED) is 0.193. The first-order valence-electron chi connectivity index (χ1n) is 11.2. The number of hydrogen-bond acceptors (Lipinski definition) is 4. The summed E-state index contributed by atoms with van der Waals surface area (Å²) in [5, 5.41) is 12.3. The number of aromatic nitrogens is 1. The van der Waals surface area contributed by atoms with Crippen LogP contribution < -0.4 is 4.74 Å². The van der Waals surface area contributed by atoms with Gasteiger partial charge in [0.15, 0.2) is 0 Å². The van der Waals surface area contributed by atoms with E-state index in [1.807, 2.05) is 54.7 Å². The van der Waals surface area contributed by atoms with E-state index in [0.717, 1.165) is 26.5 Å². The molecule has 0 saturated carbocycles. The third-order valence-corrected chi connectivity index (χ3v) is 6.91. The Labute approximate surface area is 211 Å². The summed E-state index contributed by atoms with van der Waals surface area (Å²) in [5.41, 5.74) is 3.37. The number of likely N-dealkylation sites (tertiary alicyclic amines) is 1. The number of fused-ring (bicyclic) bond motifs is 1. The van der Waals surface area contributed by atoms with Gasteiger partial charge in [0, 0.05) is 33.7 Å². The van der Waals surface area contributed by atoms with Gasteiger partial charge in [0.05, 0.1) is 18.7 Å². The number of ether oxygens (including phenoxy) is 1. The van der Waals surface area contributed by atoms with Crippen LogP contribution in [0, 0.1) is 0 Å².